The van der Waals surface area contributed by atoms with Crippen LogP contribution in [0.25, 0.3) is 0 Å². The van der Waals surface area contributed by atoms with Gasteiger partial charge >= 0.3 is 12.0 Å². The molecule has 1 atom stereocenters. The molecule has 0 bridgehead atoms. The van der Waals surface area contributed by atoms with Gasteiger partial charge < -0.3 is 19.9 Å². The number of esters is 1. The molecule has 0 saturated carbocycles. The van der Waals surface area contributed by atoms with Crippen molar-refractivity contribution in [2.45, 2.75) is 12.5 Å². The number of fused-ring (bicyclic) bond motifs is 1. The number of ether oxygens (including phenoxy) is 1. The molecule has 3 aromatic rings. The second-order valence-electron chi connectivity index (χ2n) is 6.78. The van der Waals surface area contributed by atoms with Gasteiger partial charge in [-0.1, -0.05) is 28.1 Å². The van der Waals surface area contributed by atoms with Gasteiger partial charge in [0.1, 0.15) is 11.9 Å². The second kappa shape index (κ2) is 8.27. The number of rotatable bonds is 3. The summed E-state index contributed by atoms with van der Waals surface area (Å²) in [6.07, 6.45) is 2.12. The highest BCUT2D eigenvalue weighted by atomic mass is 79.9. The first-order valence-corrected chi connectivity index (χ1v) is 10.0. The molecule has 30 heavy (non-hydrogen) atoms. The Morgan fingerprint density at radius 1 is 1.30 bits per heavy atom. The maximum absolute atomic E-state index is 14.8. The van der Waals surface area contributed by atoms with Gasteiger partial charge in [0, 0.05) is 34.4 Å². The van der Waals surface area contributed by atoms with Crippen LogP contribution in [0.4, 0.5) is 14.9 Å². The van der Waals surface area contributed by atoms with E-state index in [1.165, 1.54) is 19.2 Å². The van der Waals surface area contributed by atoms with E-state index in [1.807, 2.05) is 0 Å². The van der Waals surface area contributed by atoms with Gasteiger partial charge in [-0.25, -0.2) is 19.0 Å². The van der Waals surface area contributed by atoms with E-state index in [-0.39, 0.29) is 0 Å². The average molecular weight is 473 g/mol. The summed E-state index contributed by atoms with van der Waals surface area (Å²) in [6, 6.07) is 10.1. The summed E-state index contributed by atoms with van der Waals surface area (Å²) < 4.78 is 20.1. The van der Waals surface area contributed by atoms with Gasteiger partial charge in [0.15, 0.2) is 0 Å². The smallest absolute Gasteiger partial charge is 0.337 e. The van der Waals surface area contributed by atoms with Crippen molar-refractivity contribution in [1.29, 1.82) is 0 Å². The van der Waals surface area contributed by atoms with E-state index >= 15 is 0 Å². The van der Waals surface area contributed by atoms with Crippen molar-refractivity contribution >= 4 is 33.6 Å². The van der Waals surface area contributed by atoms with Crippen LogP contribution in [0, 0.1) is 5.82 Å². The molecule has 0 radical (unpaired) electrons. The number of carbonyl (C=O) groups excluding carboxylic acids is 2. The molecule has 0 spiro atoms. The number of amides is 2. The standard InChI is InChI=1S/C21H18BrFN4O3/c1-30-20(28)12-3-2-4-14(9-12)26-21(29)27-8-7-17-18(25-11-24-17)19(27)15-6-5-13(22)10-16(15)23/h2-6,9-11,19H,7-8H2,1H3,(H,24,25)(H,26,29)/t19-/m0/s1. The number of methoxy groups -OCH3 is 1. The molecule has 0 fully saturated rings. The molecule has 0 saturated heterocycles. The van der Waals surface area contributed by atoms with Crippen LogP contribution in [0.1, 0.15) is 33.4 Å². The minimum absolute atomic E-state index is 0.319. The largest absolute Gasteiger partial charge is 0.465 e. The third-order valence-corrected chi connectivity index (χ3v) is 5.47. The minimum Gasteiger partial charge on any atom is -0.465 e. The summed E-state index contributed by atoms with van der Waals surface area (Å²) in [7, 11) is 1.29. The predicted molar refractivity (Wildman–Crippen MR) is 112 cm³/mol. The lowest BCUT2D eigenvalue weighted by Gasteiger charge is -2.35. The number of carbonyl (C=O) groups is 2. The molecular weight excluding hydrogens is 455 g/mol. The first kappa shape index (κ1) is 20.1. The number of benzene rings is 2. The van der Waals surface area contributed by atoms with Crippen molar-refractivity contribution in [1.82, 2.24) is 14.9 Å². The van der Waals surface area contributed by atoms with E-state index in [9.17, 15) is 14.0 Å². The highest BCUT2D eigenvalue weighted by Crippen LogP contribution is 2.35. The summed E-state index contributed by atoms with van der Waals surface area (Å²) in [5.74, 6) is -0.934. The molecule has 2 N–H and O–H groups in total. The van der Waals surface area contributed by atoms with Crippen molar-refractivity contribution in [2.24, 2.45) is 0 Å². The van der Waals surface area contributed by atoms with Crippen molar-refractivity contribution in [2.75, 3.05) is 19.0 Å². The highest BCUT2D eigenvalue weighted by Gasteiger charge is 2.35. The number of imidazole rings is 1. The number of halogens is 2. The first-order chi connectivity index (χ1) is 14.5. The third kappa shape index (κ3) is 3.80. The fraction of sp³-hybridized carbons (Fsp3) is 0.190. The molecule has 9 heteroatoms. The van der Waals surface area contributed by atoms with E-state index in [0.29, 0.717) is 39.9 Å². The monoisotopic (exact) mass is 472 g/mol. The number of anilines is 1. The lowest BCUT2D eigenvalue weighted by atomic mass is 9.95. The lowest BCUT2D eigenvalue weighted by Crippen LogP contribution is -2.43. The Labute approximate surface area is 180 Å². The normalized spacial score (nSPS) is 15.4. The number of hydrogen-bond acceptors (Lipinski definition) is 4. The van der Waals surface area contributed by atoms with Gasteiger partial charge in [-0.05, 0) is 30.3 Å². The van der Waals surface area contributed by atoms with Gasteiger partial charge in [-0.15, -0.1) is 0 Å². The summed E-state index contributed by atoms with van der Waals surface area (Å²) in [5.41, 5.74) is 2.59. The van der Waals surface area contributed by atoms with Crippen LogP contribution in [0.5, 0.6) is 0 Å². The van der Waals surface area contributed by atoms with Crippen molar-refractivity contribution in [3.8, 4) is 0 Å². The van der Waals surface area contributed by atoms with Crippen LogP contribution in [0.15, 0.2) is 53.3 Å². The first-order valence-electron chi connectivity index (χ1n) is 9.21. The van der Waals surface area contributed by atoms with Crippen LogP contribution in [0.2, 0.25) is 0 Å². The van der Waals surface area contributed by atoms with Crippen LogP contribution in [-0.2, 0) is 11.2 Å². The van der Waals surface area contributed by atoms with Crippen LogP contribution >= 0.6 is 15.9 Å². The summed E-state index contributed by atoms with van der Waals surface area (Å²) in [5, 5.41) is 2.79. The molecule has 2 aromatic carbocycles. The molecular formula is C21H18BrFN4O3. The molecule has 0 unspecified atom stereocenters. The zero-order valence-electron chi connectivity index (χ0n) is 16.0. The Bertz CT molecular complexity index is 1120. The predicted octanol–water partition coefficient (Wildman–Crippen LogP) is 4.28. The zero-order chi connectivity index (χ0) is 21.3. The van der Waals surface area contributed by atoms with Crippen LogP contribution in [0.3, 0.4) is 0 Å². The number of aromatic nitrogens is 2. The summed E-state index contributed by atoms with van der Waals surface area (Å²) in [4.78, 5) is 33.9. The summed E-state index contributed by atoms with van der Waals surface area (Å²) >= 11 is 3.26. The molecule has 0 aliphatic carbocycles. The molecule has 2 heterocycles. The van der Waals surface area contributed by atoms with E-state index in [0.717, 1.165) is 5.69 Å². The van der Waals surface area contributed by atoms with Gasteiger partial charge in [0.2, 0.25) is 0 Å². The van der Waals surface area contributed by atoms with E-state index in [1.54, 1.807) is 41.6 Å². The molecule has 154 valence electrons. The molecule has 7 nitrogen and oxygen atoms in total. The number of hydrogen-bond donors (Lipinski definition) is 2. The Morgan fingerprint density at radius 2 is 2.13 bits per heavy atom. The van der Waals surface area contributed by atoms with Crippen molar-refractivity contribution in [3.05, 3.63) is 81.6 Å². The Hall–Kier alpha value is -3.20. The van der Waals surface area contributed by atoms with Gasteiger partial charge in [0.05, 0.1) is 24.7 Å². The molecule has 1 aromatic heterocycles. The number of urea groups is 1. The van der Waals surface area contributed by atoms with Crippen LogP contribution < -0.4 is 5.32 Å². The molecule has 1 aliphatic rings. The lowest BCUT2D eigenvalue weighted by molar-refractivity contribution is 0.0600. The van der Waals surface area contributed by atoms with Crippen molar-refractivity contribution in [3.63, 3.8) is 0 Å². The maximum atomic E-state index is 14.8. The van der Waals surface area contributed by atoms with Gasteiger partial charge in [-0.3, -0.25) is 0 Å². The zero-order valence-corrected chi connectivity index (χ0v) is 17.6. The summed E-state index contributed by atoms with van der Waals surface area (Å²) in [6.45, 7) is 0.373. The quantitative estimate of drug-likeness (QED) is 0.557. The molecule has 2 amide bonds. The second-order valence-corrected chi connectivity index (χ2v) is 7.70. The fourth-order valence-corrected chi connectivity index (χ4v) is 3.90. The minimum atomic E-state index is -0.683. The SMILES string of the molecule is COC(=O)c1cccc(NC(=O)N2CCc3[nH]cnc3[C@@H]2c2ccc(Br)cc2F)c1. The Kier molecular flexibility index (Phi) is 5.54. The van der Waals surface area contributed by atoms with E-state index < -0.39 is 23.9 Å². The highest BCUT2D eigenvalue weighted by molar-refractivity contribution is 9.10. The van der Waals surface area contributed by atoms with E-state index in [4.69, 9.17) is 4.74 Å². The number of nitrogens with one attached hydrogen (secondary N) is 2. The fourth-order valence-electron chi connectivity index (χ4n) is 3.57. The third-order valence-electron chi connectivity index (χ3n) is 4.98. The van der Waals surface area contributed by atoms with Gasteiger partial charge in [-0.2, -0.15) is 0 Å². The number of H-pyrrole nitrogens is 1. The van der Waals surface area contributed by atoms with Crippen molar-refractivity contribution < 1.29 is 18.7 Å². The maximum Gasteiger partial charge on any atom is 0.337 e. The van der Waals surface area contributed by atoms with E-state index in [2.05, 4.69) is 31.2 Å². The number of nitrogens with zero attached hydrogens (tertiary/aromatic N) is 2. The number of aromatic amines is 1. The molecule has 1 aliphatic heterocycles. The van der Waals surface area contributed by atoms with Crippen LogP contribution in [-0.4, -0.2) is 40.5 Å². The topological polar surface area (TPSA) is 87.3 Å². The van der Waals surface area contributed by atoms with Gasteiger partial charge in [0.25, 0.3) is 0 Å². The Balaban J connectivity index is 1.67. The Morgan fingerprint density at radius 3 is 2.90 bits per heavy atom. The average Bonchev–Trinajstić information content (AvgIpc) is 3.22. The molecule has 4 rings (SSSR count).